The number of aryl methyl sites for hydroxylation is 1. The summed E-state index contributed by atoms with van der Waals surface area (Å²) in [5, 5.41) is 2.55. The Labute approximate surface area is 146 Å². The van der Waals surface area contributed by atoms with Crippen molar-refractivity contribution in [3.05, 3.63) is 29.6 Å². The number of amides is 3. The zero-order valence-electron chi connectivity index (χ0n) is 14.1. The quantitative estimate of drug-likeness (QED) is 0.440. The molecule has 0 fully saturated rings. The highest BCUT2D eigenvalue weighted by Crippen LogP contribution is 2.17. The van der Waals surface area contributed by atoms with Crippen molar-refractivity contribution >= 4 is 23.4 Å². The van der Waals surface area contributed by atoms with E-state index in [4.69, 9.17) is 17.2 Å². The number of carbonyl (C=O) groups excluding carboxylic acids is 3. The molecule has 3 amide bonds. The number of hydrogen-bond acceptors (Lipinski definition) is 4. The van der Waals surface area contributed by atoms with Gasteiger partial charge in [0.1, 0.15) is 5.82 Å². The molecule has 138 valence electrons. The molecule has 1 aromatic rings. The van der Waals surface area contributed by atoms with Crippen LogP contribution in [0.2, 0.25) is 0 Å². The Kier molecular flexibility index (Phi) is 8.55. The Hall–Kier alpha value is -2.48. The van der Waals surface area contributed by atoms with Gasteiger partial charge in [0.05, 0.1) is 6.04 Å². The Balaban J connectivity index is 2.54. The molecule has 1 aromatic carbocycles. The molecule has 0 aliphatic carbocycles. The number of anilines is 1. The minimum absolute atomic E-state index is 0.00822. The van der Waals surface area contributed by atoms with Crippen molar-refractivity contribution in [2.24, 2.45) is 17.2 Å². The van der Waals surface area contributed by atoms with Gasteiger partial charge in [-0.05, 0) is 49.4 Å². The highest BCUT2D eigenvalue weighted by Gasteiger charge is 2.15. The van der Waals surface area contributed by atoms with Gasteiger partial charge < -0.3 is 22.5 Å². The molecule has 1 rings (SSSR count). The number of nitrogens with two attached hydrogens (primary N) is 3. The normalized spacial score (nSPS) is 11.8. The van der Waals surface area contributed by atoms with E-state index in [-0.39, 0.29) is 18.7 Å². The van der Waals surface area contributed by atoms with Crippen LogP contribution in [0.5, 0.6) is 0 Å². The average Bonchev–Trinajstić information content (AvgIpc) is 2.51. The third kappa shape index (κ3) is 8.80. The van der Waals surface area contributed by atoms with E-state index in [1.807, 2.05) is 0 Å². The highest BCUT2D eigenvalue weighted by molar-refractivity contribution is 5.95. The molecule has 0 aromatic heterocycles. The molecule has 1 atom stereocenters. The predicted octanol–water partition coefficient (Wildman–Crippen LogP) is 0.945. The minimum atomic E-state index is -0.895. The van der Waals surface area contributed by atoms with Crippen LogP contribution >= 0.6 is 0 Å². The first kappa shape index (κ1) is 20.6. The van der Waals surface area contributed by atoms with Gasteiger partial charge in [0.2, 0.25) is 17.7 Å². The first-order valence-electron chi connectivity index (χ1n) is 8.20. The van der Waals surface area contributed by atoms with Crippen molar-refractivity contribution in [1.82, 2.24) is 0 Å². The van der Waals surface area contributed by atoms with Crippen LogP contribution < -0.4 is 22.5 Å². The van der Waals surface area contributed by atoms with Gasteiger partial charge in [0.15, 0.2) is 0 Å². The number of hydrogen-bond donors (Lipinski definition) is 4. The lowest BCUT2D eigenvalue weighted by atomic mass is 10.0. The molecule has 0 aliphatic heterocycles. The van der Waals surface area contributed by atoms with Gasteiger partial charge in [-0.3, -0.25) is 14.4 Å². The standard InChI is InChI=1S/C17H25FN4O3/c18-12-8-11(4-2-1-3-5-15(20)23)9-13(10-12)22-17(25)14(19)6-7-16(21)24/h8-10,14H,1-7,19H2,(H2,20,23)(H2,21,24)(H,22,25)/t14-/m0/s1. The lowest BCUT2D eigenvalue weighted by Gasteiger charge is -2.12. The molecule has 7 N–H and O–H groups in total. The van der Waals surface area contributed by atoms with Crippen LogP contribution in [0.3, 0.4) is 0 Å². The molecule has 0 saturated heterocycles. The summed E-state index contributed by atoms with van der Waals surface area (Å²) >= 11 is 0. The maximum Gasteiger partial charge on any atom is 0.241 e. The van der Waals surface area contributed by atoms with Crippen LogP contribution in [0.15, 0.2) is 18.2 Å². The number of benzene rings is 1. The van der Waals surface area contributed by atoms with Gasteiger partial charge >= 0.3 is 0 Å². The molecule has 0 unspecified atom stereocenters. The summed E-state index contributed by atoms with van der Waals surface area (Å²) in [6.45, 7) is 0. The molecular weight excluding hydrogens is 327 g/mol. The number of carbonyl (C=O) groups is 3. The van der Waals surface area contributed by atoms with Gasteiger partial charge in [-0.1, -0.05) is 6.42 Å². The Bertz CT molecular complexity index is 622. The van der Waals surface area contributed by atoms with Gasteiger partial charge in [-0.25, -0.2) is 4.39 Å². The fraction of sp³-hybridized carbons (Fsp3) is 0.471. The summed E-state index contributed by atoms with van der Waals surface area (Å²) in [5.41, 5.74) is 16.8. The number of nitrogens with one attached hydrogen (secondary N) is 1. The van der Waals surface area contributed by atoms with E-state index in [0.29, 0.717) is 24.9 Å². The minimum Gasteiger partial charge on any atom is -0.370 e. The van der Waals surface area contributed by atoms with Crippen LogP contribution in [0.25, 0.3) is 0 Å². The molecular formula is C17H25FN4O3. The third-order valence-corrected chi connectivity index (χ3v) is 3.65. The lowest BCUT2D eigenvalue weighted by Crippen LogP contribution is -2.36. The molecule has 0 spiro atoms. The molecule has 0 aliphatic rings. The van der Waals surface area contributed by atoms with E-state index in [1.165, 1.54) is 12.1 Å². The lowest BCUT2D eigenvalue weighted by molar-refractivity contribution is -0.120. The molecule has 0 heterocycles. The SMILES string of the molecule is NC(=O)CCCCCc1cc(F)cc(NC(=O)[C@@H](N)CCC(N)=O)c1. The van der Waals surface area contributed by atoms with Crippen LogP contribution in [-0.4, -0.2) is 23.8 Å². The van der Waals surface area contributed by atoms with Crippen LogP contribution in [0.1, 0.15) is 44.1 Å². The highest BCUT2D eigenvalue weighted by atomic mass is 19.1. The monoisotopic (exact) mass is 352 g/mol. The molecule has 8 heteroatoms. The molecule has 0 saturated carbocycles. The van der Waals surface area contributed by atoms with Crippen LogP contribution in [-0.2, 0) is 20.8 Å². The smallest absolute Gasteiger partial charge is 0.241 e. The Morgan fingerprint density at radius 3 is 2.32 bits per heavy atom. The molecule has 7 nitrogen and oxygen atoms in total. The van der Waals surface area contributed by atoms with Crippen LogP contribution in [0.4, 0.5) is 10.1 Å². The number of unbranched alkanes of at least 4 members (excludes halogenated alkanes) is 2. The van der Waals surface area contributed by atoms with E-state index in [2.05, 4.69) is 5.32 Å². The number of rotatable bonds is 11. The largest absolute Gasteiger partial charge is 0.370 e. The Morgan fingerprint density at radius 2 is 1.68 bits per heavy atom. The average molecular weight is 352 g/mol. The van der Waals surface area contributed by atoms with Crippen molar-refractivity contribution in [1.29, 1.82) is 0 Å². The summed E-state index contributed by atoms with van der Waals surface area (Å²) in [6.07, 6.45) is 3.38. The second kappa shape index (κ2) is 10.4. The van der Waals surface area contributed by atoms with Crippen molar-refractivity contribution in [3.8, 4) is 0 Å². The zero-order chi connectivity index (χ0) is 18.8. The van der Waals surface area contributed by atoms with Crippen LogP contribution in [0, 0.1) is 5.82 Å². The van der Waals surface area contributed by atoms with Gasteiger partial charge in [-0.15, -0.1) is 0 Å². The second-order valence-corrected chi connectivity index (χ2v) is 5.98. The number of halogens is 1. The summed E-state index contributed by atoms with van der Waals surface area (Å²) in [7, 11) is 0. The first-order valence-corrected chi connectivity index (χ1v) is 8.20. The summed E-state index contributed by atoms with van der Waals surface area (Å²) < 4.78 is 13.7. The van der Waals surface area contributed by atoms with Crippen molar-refractivity contribution in [3.63, 3.8) is 0 Å². The maximum atomic E-state index is 13.7. The van der Waals surface area contributed by atoms with E-state index >= 15 is 0 Å². The Morgan fingerprint density at radius 1 is 1.00 bits per heavy atom. The zero-order valence-corrected chi connectivity index (χ0v) is 14.1. The van der Waals surface area contributed by atoms with E-state index in [0.717, 1.165) is 18.4 Å². The maximum absolute atomic E-state index is 13.7. The van der Waals surface area contributed by atoms with Crippen molar-refractivity contribution in [2.75, 3.05) is 5.32 Å². The summed E-state index contributed by atoms with van der Waals surface area (Å²) in [4.78, 5) is 33.3. The fourth-order valence-corrected chi connectivity index (χ4v) is 2.34. The second-order valence-electron chi connectivity index (χ2n) is 5.98. The molecule has 25 heavy (non-hydrogen) atoms. The third-order valence-electron chi connectivity index (χ3n) is 3.65. The van der Waals surface area contributed by atoms with Gasteiger partial charge in [0.25, 0.3) is 0 Å². The topological polar surface area (TPSA) is 141 Å². The van der Waals surface area contributed by atoms with E-state index < -0.39 is 23.7 Å². The molecule has 0 radical (unpaired) electrons. The van der Waals surface area contributed by atoms with Crippen molar-refractivity contribution < 1.29 is 18.8 Å². The molecule has 0 bridgehead atoms. The van der Waals surface area contributed by atoms with E-state index in [9.17, 15) is 18.8 Å². The van der Waals surface area contributed by atoms with Crippen molar-refractivity contribution in [2.45, 2.75) is 51.0 Å². The summed E-state index contributed by atoms with van der Waals surface area (Å²) in [5.74, 6) is -1.83. The number of primary amides is 2. The van der Waals surface area contributed by atoms with Gasteiger partial charge in [0, 0.05) is 18.5 Å². The predicted molar refractivity (Wildman–Crippen MR) is 92.8 cm³/mol. The first-order chi connectivity index (χ1) is 11.8. The van der Waals surface area contributed by atoms with E-state index in [1.54, 1.807) is 6.07 Å². The summed E-state index contributed by atoms with van der Waals surface area (Å²) in [6, 6.07) is 3.38. The fourth-order valence-electron chi connectivity index (χ4n) is 2.34. The van der Waals surface area contributed by atoms with Gasteiger partial charge in [-0.2, -0.15) is 0 Å².